The first-order chi connectivity index (χ1) is 13.1. The Morgan fingerprint density at radius 3 is 2.56 bits per heavy atom. The van der Waals surface area contributed by atoms with Gasteiger partial charge in [-0.25, -0.2) is 14.4 Å². The third-order valence-electron chi connectivity index (χ3n) is 4.03. The Labute approximate surface area is 157 Å². The zero-order valence-corrected chi connectivity index (χ0v) is 15.1. The molecule has 6 heteroatoms. The number of aromatic nitrogens is 2. The lowest BCUT2D eigenvalue weighted by Crippen LogP contribution is -2.25. The van der Waals surface area contributed by atoms with Crippen molar-refractivity contribution in [1.29, 1.82) is 0 Å². The molecule has 0 aliphatic rings. The summed E-state index contributed by atoms with van der Waals surface area (Å²) in [5.41, 5.74) is 1.90. The van der Waals surface area contributed by atoms with Crippen LogP contribution < -0.4 is 10.6 Å². The molecule has 0 aliphatic heterocycles. The molecule has 0 aliphatic carbocycles. The highest BCUT2D eigenvalue weighted by molar-refractivity contribution is 5.92. The normalized spacial score (nSPS) is 10.4. The van der Waals surface area contributed by atoms with Crippen LogP contribution in [0.1, 0.15) is 27.4 Å². The van der Waals surface area contributed by atoms with Crippen LogP contribution in [0.3, 0.4) is 0 Å². The van der Waals surface area contributed by atoms with E-state index in [0.717, 1.165) is 6.42 Å². The zero-order valence-electron chi connectivity index (χ0n) is 15.1. The summed E-state index contributed by atoms with van der Waals surface area (Å²) >= 11 is 0. The number of hydrogen-bond acceptors (Lipinski definition) is 4. The number of halogens is 1. The maximum Gasteiger partial charge on any atom is 0.270 e. The number of carbonyl (C=O) groups excluding carboxylic acids is 1. The van der Waals surface area contributed by atoms with Crippen LogP contribution in [-0.2, 0) is 13.0 Å². The van der Waals surface area contributed by atoms with E-state index >= 15 is 0 Å². The lowest BCUT2D eigenvalue weighted by Gasteiger charge is -2.10. The Bertz CT molecular complexity index is 915. The van der Waals surface area contributed by atoms with Crippen molar-refractivity contribution in [1.82, 2.24) is 15.3 Å². The third kappa shape index (κ3) is 5.34. The summed E-state index contributed by atoms with van der Waals surface area (Å²) in [6, 6.07) is 18.1. The second kappa shape index (κ2) is 8.89. The molecule has 138 valence electrons. The second-order valence-corrected chi connectivity index (χ2v) is 6.12. The van der Waals surface area contributed by atoms with Gasteiger partial charge in [0, 0.05) is 24.7 Å². The minimum Gasteiger partial charge on any atom is -0.370 e. The number of benzene rings is 2. The number of amides is 1. The van der Waals surface area contributed by atoms with Crippen LogP contribution in [0.4, 0.5) is 10.2 Å². The summed E-state index contributed by atoms with van der Waals surface area (Å²) in [6.45, 7) is 2.53. The Balaban J connectivity index is 1.60. The van der Waals surface area contributed by atoms with E-state index < -0.39 is 0 Å². The summed E-state index contributed by atoms with van der Waals surface area (Å²) in [5, 5.41) is 5.92. The summed E-state index contributed by atoms with van der Waals surface area (Å²) in [6.07, 6.45) is 0.846. The average molecular weight is 364 g/mol. The van der Waals surface area contributed by atoms with E-state index in [9.17, 15) is 9.18 Å². The van der Waals surface area contributed by atoms with E-state index in [1.807, 2.05) is 18.2 Å². The van der Waals surface area contributed by atoms with Gasteiger partial charge in [0.2, 0.25) is 0 Å². The molecule has 0 unspecified atom stereocenters. The van der Waals surface area contributed by atoms with Crippen LogP contribution in [0, 0.1) is 12.7 Å². The SMILES string of the molecule is Cc1nc(NCCc2ccccc2)cc(C(=O)NCc2ccccc2F)n1. The first kappa shape index (κ1) is 18.5. The van der Waals surface area contributed by atoms with Gasteiger partial charge in [-0.3, -0.25) is 4.79 Å². The molecule has 0 atom stereocenters. The van der Waals surface area contributed by atoms with Gasteiger partial charge in [0.05, 0.1) is 0 Å². The number of carbonyl (C=O) groups is 1. The van der Waals surface area contributed by atoms with Gasteiger partial charge < -0.3 is 10.6 Å². The first-order valence-corrected chi connectivity index (χ1v) is 8.77. The van der Waals surface area contributed by atoms with Crippen molar-refractivity contribution in [3.63, 3.8) is 0 Å². The van der Waals surface area contributed by atoms with Crippen LogP contribution in [-0.4, -0.2) is 22.4 Å². The Morgan fingerprint density at radius 1 is 1.04 bits per heavy atom. The first-order valence-electron chi connectivity index (χ1n) is 8.77. The largest absolute Gasteiger partial charge is 0.370 e. The van der Waals surface area contributed by atoms with Crippen molar-refractivity contribution in [2.24, 2.45) is 0 Å². The summed E-state index contributed by atoms with van der Waals surface area (Å²) in [4.78, 5) is 20.9. The Morgan fingerprint density at radius 2 is 1.78 bits per heavy atom. The van der Waals surface area contributed by atoms with Crippen LogP contribution in [0.2, 0.25) is 0 Å². The summed E-state index contributed by atoms with van der Waals surface area (Å²) in [7, 11) is 0. The number of anilines is 1. The fraction of sp³-hybridized carbons (Fsp3) is 0.190. The molecule has 5 nitrogen and oxygen atoms in total. The number of rotatable bonds is 7. The van der Waals surface area contributed by atoms with E-state index in [0.29, 0.717) is 23.8 Å². The van der Waals surface area contributed by atoms with E-state index in [2.05, 4.69) is 32.7 Å². The number of nitrogens with zero attached hydrogens (tertiary/aromatic N) is 2. The fourth-order valence-electron chi connectivity index (χ4n) is 2.66. The topological polar surface area (TPSA) is 66.9 Å². The molecular weight excluding hydrogens is 343 g/mol. The lowest BCUT2D eigenvalue weighted by molar-refractivity contribution is 0.0945. The quantitative estimate of drug-likeness (QED) is 0.673. The van der Waals surface area contributed by atoms with Gasteiger partial charge in [0.15, 0.2) is 0 Å². The molecule has 0 bridgehead atoms. The molecular formula is C21H21FN4O. The molecule has 0 radical (unpaired) electrons. The van der Waals surface area contributed by atoms with Crippen molar-refractivity contribution in [2.45, 2.75) is 19.9 Å². The molecule has 0 saturated heterocycles. The molecule has 1 aromatic heterocycles. The van der Waals surface area contributed by atoms with Gasteiger partial charge in [-0.1, -0.05) is 48.5 Å². The van der Waals surface area contributed by atoms with Crippen LogP contribution in [0.15, 0.2) is 60.7 Å². The van der Waals surface area contributed by atoms with E-state index in [1.54, 1.807) is 31.2 Å². The molecule has 0 saturated carbocycles. The lowest BCUT2D eigenvalue weighted by atomic mass is 10.1. The standard InChI is InChI=1S/C21H21FN4O/c1-15-25-19(21(27)24-14-17-9-5-6-10-18(17)22)13-20(26-15)23-12-11-16-7-3-2-4-8-16/h2-10,13H,11-12,14H2,1H3,(H,24,27)(H,23,25,26). The second-order valence-electron chi connectivity index (χ2n) is 6.12. The molecule has 2 aromatic carbocycles. The molecule has 0 spiro atoms. The van der Waals surface area contributed by atoms with Crippen molar-refractivity contribution in [3.8, 4) is 0 Å². The van der Waals surface area contributed by atoms with Crippen molar-refractivity contribution < 1.29 is 9.18 Å². The van der Waals surface area contributed by atoms with E-state index in [1.165, 1.54) is 11.6 Å². The van der Waals surface area contributed by atoms with Gasteiger partial charge >= 0.3 is 0 Å². The fourth-order valence-corrected chi connectivity index (χ4v) is 2.66. The molecule has 3 rings (SSSR count). The predicted molar refractivity (Wildman–Crippen MR) is 103 cm³/mol. The predicted octanol–water partition coefficient (Wildman–Crippen LogP) is 3.51. The monoisotopic (exact) mass is 364 g/mol. The Kier molecular flexibility index (Phi) is 6.10. The summed E-state index contributed by atoms with van der Waals surface area (Å²) < 4.78 is 13.7. The van der Waals surface area contributed by atoms with Gasteiger partial charge in [0.1, 0.15) is 23.2 Å². The minimum absolute atomic E-state index is 0.103. The molecule has 0 fully saturated rings. The van der Waals surface area contributed by atoms with Gasteiger partial charge in [-0.15, -0.1) is 0 Å². The Hall–Kier alpha value is -3.28. The van der Waals surface area contributed by atoms with Crippen LogP contribution >= 0.6 is 0 Å². The molecule has 27 heavy (non-hydrogen) atoms. The number of aryl methyl sites for hydroxylation is 1. The number of hydrogen-bond donors (Lipinski definition) is 2. The smallest absolute Gasteiger partial charge is 0.270 e. The minimum atomic E-state index is -0.366. The molecule has 3 aromatic rings. The van der Waals surface area contributed by atoms with E-state index in [4.69, 9.17) is 0 Å². The highest BCUT2D eigenvalue weighted by Crippen LogP contribution is 2.09. The molecule has 2 N–H and O–H groups in total. The van der Waals surface area contributed by atoms with Crippen LogP contribution in [0.5, 0.6) is 0 Å². The highest BCUT2D eigenvalue weighted by Gasteiger charge is 2.11. The zero-order chi connectivity index (χ0) is 19.1. The van der Waals surface area contributed by atoms with Gasteiger partial charge in [-0.2, -0.15) is 0 Å². The van der Waals surface area contributed by atoms with Crippen molar-refractivity contribution >= 4 is 11.7 Å². The molecule has 1 heterocycles. The molecule has 1 amide bonds. The average Bonchev–Trinajstić information content (AvgIpc) is 2.67. The third-order valence-corrected chi connectivity index (χ3v) is 4.03. The van der Waals surface area contributed by atoms with E-state index in [-0.39, 0.29) is 24.0 Å². The van der Waals surface area contributed by atoms with Crippen molar-refractivity contribution in [2.75, 3.05) is 11.9 Å². The maximum atomic E-state index is 13.7. The number of nitrogens with one attached hydrogen (secondary N) is 2. The van der Waals surface area contributed by atoms with Gasteiger partial charge in [0.25, 0.3) is 5.91 Å². The van der Waals surface area contributed by atoms with Crippen molar-refractivity contribution in [3.05, 3.63) is 89.1 Å². The summed E-state index contributed by atoms with van der Waals surface area (Å²) in [5.74, 6) is 0.375. The van der Waals surface area contributed by atoms with Crippen LogP contribution in [0.25, 0.3) is 0 Å². The highest BCUT2D eigenvalue weighted by atomic mass is 19.1. The maximum absolute atomic E-state index is 13.7. The van der Waals surface area contributed by atoms with Gasteiger partial charge in [-0.05, 0) is 25.0 Å².